The molecule has 1 unspecified atom stereocenters. The largest absolute Gasteiger partial charge is 0.495 e. The summed E-state index contributed by atoms with van der Waals surface area (Å²) in [7, 11) is 0. The molecule has 5 nitrogen and oxygen atoms in total. The van der Waals surface area contributed by atoms with Gasteiger partial charge in [0, 0.05) is 0 Å². The van der Waals surface area contributed by atoms with Gasteiger partial charge in [-0.2, -0.15) is 0 Å². The van der Waals surface area contributed by atoms with Crippen LogP contribution in [0.25, 0.3) is 0 Å². The quantitative estimate of drug-likeness (QED) is 0.416. The molecule has 0 heterocycles. The lowest BCUT2D eigenvalue weighted by Crippen LogP contribution is -2.36. The van der Waals surface area contributed by atoms with Crippen molar-refractivity contribution >= 4 is 0 Å². The zero-order valence-corrected chi connectivity index (χ0v) is 7.67. The Kier molecular flexibility index (Phi) is 3.16. The molecule has 0 N–H and O–H groups in total. The van der Waals surface area contributed by atoms with Crippen LogP contribution in [0.3, 0.4) is 0 Å². The number of nitro groups is 1. The minimum absolute atomic E-state index is 0.000621. The molecular weight excluding hydrogens is 186 g/mol. The molecule has 0 bridgehead atoms. The lowest BCUT2D eigenvalue weighted by molar-refractivity contribution is -0.714. The van der Waals surface area contributed by atoms with Gasteiger partial charge in [0.1, 0.15) is 0 Å². The van der Waals surface area contributed by atoms with E-state index in [4.69, 9.17) is 0 Å². The van der Waals surface area contributed by atoms with Crippen LogP contribution in [0.5, 0.6) is 0 Å². The van der Waals surface area contributed by atoms with Gasteiger partial charge in [0.15, 0.2) is 0 Å². The van der Waals surface area contributed by atoms with E-state index in [0.29, 0.717) is 0 Å². The first kappa shape index (κ1) is 10.6. The smallest absolute Gasteiger partial charge is 0.285 e. The third kappa shape index (κ3) is 1.89. The maximum Gasteiger partial charge on any atom is 0.495 e. The first-order valence-electron chi connectivity index (χ1n) is 4.15. The lowest BCUT2D eigenvalue weighted by atomic mass is 10.1. The average Bonchev–Trinajstić information content (AvgIpc) is 2.19. The van der Waals surface area contributed by atoms with Gasteiger partial charge in [-0.25, -0.2) is 0 Å². The molecule has 0 aromatic heterocycles. The molecular formula is C9H10NO4. The molecule has 1 rings (SSSR count). The van der Waals surface area contributed by atoms with Crippen molar-refractivity contribution in [1.29, 1.82) is 0 Å². The maximum atomic E-state index is 11.7. The number of ether oxygens (including phenoxy) is 1. The molecule has 14 heavy (non-hydrogen) atoms. The van der Waals surface area contributed by atoms with Gasteiger partial charge < -0.3 is 0 Å². The van der Waals surface area contributed by atoms with Crippen molar-refractivity contribution < 1.29 is 14.8 Å². The molecule has 1 radical (unpaired) electrons. The third-order valence-electron chi connectivity index (χ3n) is 1.72. The Labute approximate surface area is 81.1 Å². The monoisotopic (exact) mass is 196 g/mol. The van der Waals surface area contributed by atoms with E-state index in [1.54, 1.807) is 25.1 Å². The number of hydrogen-bond donors (Lipinski definition) is 0. The molecule has 1 aromatic rings. The van der Waals surface area contributed by atoms with Crippen LogP contribution >= 0.6 is 0 Å². The van der Waals surface area contributed by atoms with Crippen LogP contribution in [0.4, 0.5) is 0 Å². The highest BCUT2D eigenvalue weighted by Gasteiger charge is 2.46. The molecule has 5 heteroatoms. The first-order valence-corrected chi connectivity index (χ1v) is 4.15. The fourth-order valence-electron chi connectivity index (χ4n) is 1.09. The van der Waals surface area contributed by atoms with Crippen LogP contribution in [0, 0.1) is 10.1 Å². The predicted molar refractivity (Wildman–Crippen MR) is 47.4 cm³/mol. The number of benzene rings is 1. The van der Waals surface area contributed by atoms with Crippen molar-refractivity contribution in [3.8, 4) is 0 Å². The summed E-state index contributed by atoms with van der Waals surface area (Å²) in [4.78, 5) is 9.61. The third-order valence-corrected chi connectivity index (χ3v) is 1.72. The van der Waals surface area contributed by atoms with Gasteiger partial charge in [0.2, 0.25) is 0 Å². The van der Waals surface area contributed by atoms with Crippen molar-refractivity contribution in [3.05, 3.63) is 46.0 Å². The Morgan fingerprint density at radius 3 is 2.43 bits per heavy atom. The number of hydrogen-bond acceptors (Lipinski definition) is 3. The van der Waals surface area contributed by atoms with Crippen molar-refractivity contribution in [2.24, 2.45) is 0 Å². The van der Waals surface area contributed by atoms with E-state index < -0.39 is 10.8 Å². The van der Waals surface area contributed by atoms with Crippen LogP contribution in [-0.2, 0) is 15.8 Å². The zero-order chi connectivity index (χ0) is 10.6. The summed E-state index contributed by atoms with van der Waals surface area (Å²) in [5.74, 6) is -2.68. The van der Waals surface area contributed by atoms with Gasteiger partial charge in [-0.3, -0.25) is 14.9 Å². The van der Waals surface area contributed by atoms with Gasteiger partial charge in [-0.1, -0.05) is 18.2 Å². The van der Waals surface area contributed by atoms with Gasteiger partial charge >= 0.3 is 5.91 Å². The van der Waals surface area contributed by atoms with Gasteiger partial charge in [-0.05, 0) is 19.1 Å². The van der Waals surface area contributed by atoms with Crippen LogP contribution in [0.2, 0.25) is 0 Å². The standard InChI is InChI=1S/C9H10NO4/c1-2-14-9(11,10(12)13)8-6-4-3-5-7-8/h3-7H,2H2,1H3. The van der Waals surface area contributed by atoms with Crippen LogP contribution in [0.15, 0.2) is 30.3 Å². The molecule has 0 fully saturated rings. The van der Waals surface area contributed by atoms with Gasteiger partial charge in [0.25, 0.3) is 0 Å². The molecule has 0 saturated carbocycles. The predicted octanol–water partition coefficient (Wildman–Crippen LogP) is 1.54. The Morgan fingerprint density at radius 1 is 1.43 bits per heavy atom. The fraction of sp³-hybridized carbons (Fsp3) is 0.333. The molecule has 0 aliphatic heterocycles. The summed E-state index contributed by atoms with van der Waals surface area (Å²) < 4.78 is 4.62. The Balaban J connectivity index is 3.06. The normalized spacial score (nSPS) is 14.7. The summed E-state index contributed by atoms with van der Waals surface area (Å²) in [6.45, 7) is 1.54. The van der Waals surface area contributed by atoms with Crippen molar-refractivity contribution in [2.75, 3.05) is 6.61 Å². The molecule has 0 amide bonds. The molecule has 75 valence electrons. The average molecular weight is 196 g/mol. The van der Waals surface area contributed by atoms with Crippen LogP contribution in [0.1, 0.15) is 12.5 Å². The highest BCUT2D eigenvalue weighted by atomic mass is 16.8. The summed E-state index contributed by atoms with van der Waals surface area (Å²) in [6, 6.07) is 7.56. The summed E-state index contributed by atoms with van der Waals surface area (Å²) >= 11 is 0. The Bertz CT molecular complexity index is 314. The minimum atomic E-state index is -2.68. The summed E-state index contributed by atoms with van der Waals surface area (Å²) in [6.07, 6.45) is 0. The van der Waals surface area contributed by atoms with E-state index in [1.165, 1.54) is 12.1 Å². The van der Waals surface area contributed by atoms with E-state index in [0.717, 1.165) is 0 Å². The van der Waals surface area contributed by atoms with Crippen LogP contribution < -0.4 is 0 Å². The molecule has 0 aliphatic carbocycles. The van der Waals surface area contributed by atoms with Gasteiger partial charge in [-0.15, -0.1) is 5.11 Å². The van der Waals surface area contributed by atoms with Crippen LogP contribution in [-0.4, -0.2) is 11.5 Å². The molecule has 1 atom stereocenters. The minimum Gasteiger partial charge on any atom is -0.285 e. The highest BCUT2D eigenvalue weighted by molar-refractivity contribution is 5.17. The maximum absolute atomic E-state index is 11.7. The first-order chi connectivity index (χ1) is 6.61. The Hall–Kier alpha value is -1.46. The molecule has 1 aromatic carbocycles. The second-order valence-corrected chi connectivity index (χ2v) is 2.64. The van der Waals surface area contributed by atoms with E-state index >= 15 is 0 Å². The van der Waals surface area contributed by atoms with E-state index in [2.05, 4.69) is 4.74 Å². The van der Waals surface area contributed by atoms with Crippen molar-refractivity contribution in [1.82, 2.24) is 0 Å². The zero-order valence-electron chi connectivity index (χ0n) is 7.67. The molecule has 0 saturated heterocycles. The topological polar surface area (TPSA) is 72.3 Å². The fourth-order valence-corrected chi connectivity index (χ4v) is 1.09. The SMILES string of the molecule is CCOC([O])(c1ccccc1)[N+](=O)[O-]. The number of rotatable bonds is 4. The van der Waals surface area contributed by atoms with E-state index in [9.17, 15) is 15.2 Å². The highest BCUT2D eigenvalue weighted by Crippen LogP contribution is 2.23. The van der Waals surface area contributed by atoms with E-state index in [1.807, 2.05) is 0 Å². The Morgan fingerprint density at radius 2 is 2.00 bits per heavy atom. The molecule has 0 aliphatic rings. The lowest BCUT2D eigenvalue weighted by Gasteiger charge is -2.15. The number of nitrogens with zero attached hydrogens (tertiary/aromatic N) is 1. The summed E-state index contributed by atoms with van der Waals surface area (Å²) in [5, 5.41) is 22.3. The summed E-state index contributed by atoms with van der Waals surface area (Å²) in [5.41, 5.74) is 0.00634. The van der Waals surface area contributed by atoms with E-state index in [-0.39, 0.29) is 12.2 Å². The van der Waals surface area contributed by atoms with Gasteiger partial charge in [0.05, 0.1) is 17.1 Å². The second kappa shape index (κ2) is 4.17. The second-order valence-electron chi connectivity index (χ2n) is 2.64. The molecule has 0 spiro atoms. The van der Waals surface area contributed by atoms with Crippen molar-refractivity contribution in [3.63, 3.8) is 0 Å². The van der Waals surface area contributed by atoms with Crippen molar-refractivity contribution in [2.45, 2.75) is 12.8 Å².